The first-order chi connectivity index (χ1) is 14.1. The molecule has 0 saturated carbocycles. The molecule has 0 spiro atoms. The van der Waals surface area contributed by atoms with Gasteiger partial charge in [0, 0.05) is 43.9 Å². The second kappa shape index (κ2) is 7.09. The Morgan fingerprint density at radius 3 is 2.52 bits per heavy atom. The summed E-state index contributed by atoms with van der Waals surface area (Å²) in [5, 5.41) is 4.35. The van der Waals surface area contributed by atoms with Crippen molar-refractivity contribution in [3.63, 3.8) is 0 Å². The van der Waals surface area contributed by atoms with Gasteiger partial charge in [-0.2, -0.15) is 9.40 Å². The molecule has 1 aliphatic rings. The summed E-state index contributed by atoms with van der Waals surface area (Å²) in [7, 11) is -3.45. The zero-order valence-electron chi connectivity index (χ0n) is 15.7. The molecule has 0 bridgehead atoms. The van der Waals surface area contributed by atoms with E-state index in [2.05, 4.69) is 19.6 Å². The third-order valence-electron chi connectivity index (χ3n) is 5.39. The molecule has 0 radical (unpaired) electrons. The zero-order chi connectivity index (χ0) is 19.8. The molecule has 1 aliphatic heterocycles. The number of fused-ring (bicyclic) bond motifs is 1. The molecule has 0 N–H and O–H groups in total. The van der Waals surface area contributed by atoms with Crippen LogP contribution >= 0.6 is 0 Å². The van der Waals surface area contributed by atoms with Crippen LogP contribution in [0.5, 0.6) is 0 Å². The highest BCUT2D eigenvalue weighted by molar-refractivity contribution is 7.89. The molecule has 3 aromatic heterocycles. The molecular formula is C20H20N6O2S. The minimum Gasteiger partial charge on any atom is -0.328 e. The highest BCUT2D eigenvalue weighted by Crippen LogP contribution is 2.31. The van der Waals surface area contributed by atoms with Crippen molar-refractivity contribution < 1.29 is 8.42 Å². The number of aromatic nitrogens is 5. The molecule has 1 saturated heterocycles. The summed E-state index contributed by atoms with van der Waals surface area (Å²) >= 11 is 0. The highest BCUT2D eigenvalue weighted by Gasteiger charge is 2.31. The Morgan fingerprint density at radius 1 is 0.931 bits per heavy atom. The fraction of sp³-hybridized carbons (Fsp3) is 0.250. The smallest absolute Gasteiger partial charge is 0.243 e. The van der Waals surface area contributed by atoms with Gasteiger partial charge in [0.2, 0.25) is 10.0 Å². The van der Waals surface area contributed by atoms with Gasteiger partial charge in [-0.25, -0.2) is 22.9 Å². The molecule has 9 heteroatoms. The molecule has 0 atom stereocenters. The van der Waals surface area contributed by atoms with E-state index >= 15 is 0 Å². The predicted octanol–water partition coefficient (Wildman–Crippen LogP) is 2.62. The van der Waals surface area contributed by atoms with Crippen LogP contribution in [-0.2, 0) is 10.0 Å². The lowest BCUT2D eigenvalue weighted by molar-refractivity contribution is 0.275. The van der Waals surface area contributed by atoms with Gasteiger partial charge in [-0.05, 0) is 31.0 Å². The second-order valence-corrected chi connectivity index (χ2v) is 8.99. The van der Waals surface area contributed by atoms with E-state index in [1.54, 1.807) is 51.7 Å². The van der Waals surface area contributed by atoms with Crippen LogP contribution in [0.3, 0.4) is 0 Å². The summed E-state index contributed by atoms with van der Waals surface area (Å²) in [5.74, 6) is 0.808. The van der Waals surface area contributed by atoms with Crippen LogP contribution in [0.1, 0.15) is 18.9 Å². The maximum Gasteiger partial charge on any atom is 0.243 e. The molecule has 5 rings (SSSR count). The monoisotopic (exact) mass is 408 g/mol. The Balaban J connectivity index is 1.38. The zero-order valence-corrected chi connectivity index (χ0v) is 16.5. The predicted molar refractivity (Wildman–Crippen MR) is 108 cm³/mol. The molecule has 148 valence electrons. The molecule has 1 fully saturated rings. The first kappa shape index (κ1) is 18.0. The third-order valence-corrected chi connectivity index (χ3v) is 7.30. The fourth-order valence-electron chi connectivity index (χ4n) is 3.90. The van der Waals surface area contributed by atoms with Crippen LogP contribution in [0, 0.1) is 0 Å². The van der Waals surface area contributed by atoms with E-state index in [0.717, 1.165) is 29.9 Å². The molecule has 4 heterocycles. The van der Waals surface area contributed by atoms with Gasteiger partial charge < -0.3 is 4.57 Å². The lowest BCUT2D eigenvalue weighted by atomic mass is 10.1. The van der Waals surface area contributed by atoms with Crippen LogP contribution in [0.4, 0.5) is 0 Å². The van der Waals surface area contributed by atoms with Crippen molar-refractivity contribution >= 4 is 15.7 Å². The number of rotatable bonds is 4. The molecular weight excluding hydrogens is 388 g/mol. The van der Waals surface area contributed by atoms with Gasteiger partial charge >= 0.3 is 0 Å². The lowest BCUT2D eigenvalue weighted by Crippen LogP contribution is -2.39. The molecule has 0 amide bonds. The maximum absolute atomic E-state index is 12.9. The molecule has 1 aromatic carbocycles. The van der Waals surface area contributed by atoms with E-state index in [4.69, 9.17) is 0 Å². The van der Waals surface area contributed by atoms with Crippen LogP contribution in [0.15, 0.2) is 72.3 Å². The summed E-state index contributed by atoms with van der Waals surface area (Å²) in [6, 6.07) is 10.6. The number of imidazole rings is 1. The van der Waals surface area contributed by atoms with E-state index in [0.29, 0.717) is 18.0 Å². The first-order valence-corrected chi connectivity index (χ1v) is 11.0. The normalized spacial score (nSPS) is 16.4. The average molecular weight is 408 g/mol. The summed E-state index contributed by atoms with van der Waals surface area (Å²) in [5.41, 5.74) is 1.62. The van der Waals surface area contributed by atoms with Crippen molar-refractivity contribution in [3.8, 4) is 11.4 Å². The largest absolute Gasteiger partial charge is 0.328 e. The maximum atomic E-state index is 12.9. The van der Waals surface area contributed by atoms with Crippen LogP contribution in [0.2, 0.25) is 0 Å². The van der Waals surface area contributed by atoms with E-state index in [1.165, 1.54) is 0 Å². The standard InChI is InChI=1S/C20H20N6O2S/c27-29(28,17-5-2-1-3-6-17)24-12-7-16(8-13-24)25-14-10-22-19(25)18-15-23-26-11-4-9-21-20(18)26/h1-6,9-11,14-16H,7-8,12-13H2. The van der Waals surface area contributed by atoms with Crippen molar-refractivity contribution in [2.75, 3.05) is 13.1 Å². The Hall–Kier alpha value is -3.04. The molecule has 8 nitrogen and oxygen atoms in total. The molecule has 4 aromatic rings. The Kier molecular flexibility index (Phi) is 4.40. The number of benzene rings is 1. The summed E-state index contributed by atoms with van der Waals surface area (Å²) in [4.78, 5) is 9.30. The minimum atomic E-state index is -3.45. The van der Waals surface area contributed by atoms with E-state index < -0.39 is 10.0 Å². The third kappa shape index (κ3) is 3.12. The Labute approximate surface area is 168 Å². The molecule has 0 unspecified atom stereocenters. The minimum absolute atomic E-state index is 0.174. The van der Waals surface area contributed by atoms with Crippen LogP contribution in [0.25, 0.3) is 17.0 Å². The average Bonchev–Trinajstić information content (AvgIpc) is 3.41. The van der Waals surface area contributed by atoms with Crippen molar-refractivity contribution in [2.24, 2.45) is 0 Å². The van der Waals surface area contributed by atoms with E-state index in [-0.39, 0.29) is 6.04 Å². The van der Waals surface area contributed by atoms with E-state index in [1.807, 2.05) is 24.5 Å². The van der Waals surface area contributed by atoms with Gasteiger partial charge in [0.25, 0.3) is 0 Å². The van der Waals surface area contributed by atoms with Gasteiger partial charge in [-0.15, -0.1) is 0 Å². The molecule has 0 aliphatic carbocycles. The van der Waals surface area contributed by atoms with Crippen molar-refractivity contribution in [3.05, 3.63) is 67.4 Å². The first-order valence-electron chi connectivity index (χ1n) is 9.51. The van der Waals surface area contributed by atoms with Crippen molar-refractivity contribution in [2.45, 2.75) is 23.8 Å². The number of hydrogen-bond acceptors (Lipinski definition) is 5. The van der Waals surface area contributed by atoms with Crippen LogP contribution < -0.4 is 0 Å². The quantitative estimate of drug-likeness (QED) is 0.518. The van der Waals surface area contributed by atoms with Gasteiger partial charge in [-0.3, -0.25) is 0 Å². The van der Waals surface area contributed by atoms with Crippen molar-refractivity contribution in [1.29, 1.82) is 0 Å². The SMILES string of the molecule is O=S(=O)(c1ccccc1)N1CCC(n2ccnc2-c2cnn3cccnc23)CC1. The second-order valence-electron chi connectivity index (χ2n) is 7.05. The van der Waals surface area contributed by atoms with Gasteiger partial charge in [0.1, 0.15) is 5.82 Å². The van der Waals surface area contributed by atoms with Gasteiger partial charge in [0.15, 0.2) is 5.65 Å². The van der Waals surface area contributed by atoms with Gasteiger partial charge in [-0.1, -0.05) is 18.2 Å². The summed E-state index contributed by atoms with van der Waals surface area (Å²) < 4.78 is 31.2. The number of sulfonamides is 1. The Bertz CT molecular complexity index is 1240. The van der Waals surface area contributed by atoms with Gasteiger partial charge in [0.05, 0.1) is 16.7 Å². The number of nitrogens with zero attached hydrogens (tertiary/aromatic N) is 6. The van der Waals surface area contributed by atoms with Crippen molar-refractivity contribution in [1.82, 2.24) is 28.5 Å². The number of hydrogen-bond donors (Lipinski definition) is 0. The summed E-state index contributed by atoms with van der Waals surface area (Å²) in [6.07, 6.45) is 10.5. The fourth-order valence-corrected chi connectivity index (χ4v) is 5.39. The molecule has 29 heavy (non-hydrogen) atoms. The Morgan fingerprint density at radius 2 is 1.72 bits per heavy atom. The number of piperidine rings is 1. The highest BCUT2D eigenvalue weighted by atomic mass is 32.2. The lowest BCUT2D eigenvalue weighted by Gasteiger charge is -2.32. The van der Waals surface area contributed by atoms with E-state index in [9.17, 15) is 8.42 Å². The van der Waals surface area contributed by atoms with Crippen LogP contribution in [-0.4, -0.2) is 50.0 Å². The summed E-state index contributed by atoms with van der Waals surface area (Å²) in [6.45, 7) is 0.957. The topological polar surface area (TPSA) is 85.4 Å².